The van der Waals surface area contributed by atoms with Gasteiger partial charge in [0.15, 0.2) is 0 Å². The third-order valence-electron chi connectivity index (χ3n) is 4.85. The van der Waals surface area contributed by atoms with Gasteiger partial charge in [0, 0.05) is 37.1 Å². The molecule has 1 aromatic heterocycles. The number of carbonyl (C=O) groups is 1. The van der Waals surface area contributed by atoms with Crippen LogP contribution in [0, 0.1) is 0 Å². The number of para-hydroxylation sites is 1. The summed E-state index contributed by atoms with van der Waals surface area (Å²) in [5.74, 6) is 0.616. The number of nitrogens with one attached hydrogen (secondary N) is 3. The summed E-state index contributed by atoms with van der Waals surface area (Å²) in [5, 5.41) is 6.58. The smallest absolute Gasteiger partial charge is 0.229 e. The van der Waals surface area contributed by atoms with E-state index in [1.54, 1.807) is 36.2 Å². The summed E-state index contributed by atoms with van der Waals surface area (Å²) in [5.41, 5.74) is 4.89. The van der Waals surface area contributed by atoms with Gasteiger partial charge in [-0.05, 0) is 42.3 Å². The number of fused-ring (bicyclic) bond motifs is 1. The molecule has 0 saturated heterocycles. The molecule has 3 N–H and O–H groups in total. The Balaban J connectivity index is 1.55. The van der Waals surface area contributed by atoms with Crippen molar-refractivity contribution in [2.24, 2.45) is 0 Å². The van der Waals surface area contributed by atoms with E-state index in [4.69, 9.17) is 0 Å². The number of hydrogen-bond acceptors (Lipinski definition) is 6. The van der Waals surface area contributed by atoms with Crippen LogP contribution in [0.25, 0.3) is 0 Å². The molecule has 0 saturated carbocycles. The molecular weight excluding hydrogens is 414 g/mol. The van der Waals surface area contributed by atoms with Crippen LogP contribution in [0.5, 0.6) is 0 Å². The fourth-order valence-electron chi connectivity index (χ4n) is 3.63. The molecule has 3 aromatic rings. The van der Waals surface area contributed by atoms with Crippen molar-refractivity contribution in [2.45, 2.75) is 13.3 Å². The normalized spacial score (nSPS) is 12.9. The van der Waals surface area contributed by atoms with Gasteiger partial charge >= 0.3 is 0 Å². The van der Waals surface area contributed by atoms with Crippen LogP contribution in [0.1, 0.15) is 12.5 Å². The Bertz CT molecular complexity index is 1240. The van der Waals surface area contributed by atoms with Crippen LogP contribution in [0.15, 0.2) is 60.8 Å². The summed E-state index contributed by atoms with van der Waals surface area (Å²) in [6.45, 7) is 2.26. The standard InChI is InChI=1S/C22H23N5O3S/c1-15(28)27-12-10-16-5-3-8-20(22(16)27)24-18-9-11-23-21(14-18)25-17-6-4-7-19(13-17)26-31(2,29)30/h3-9,11,13-14,26H,10,12H2,1-2H3,(H2,23,24,25). The highest BCUT2D eigenvalue weighted by atomic mass is 32.2. The molecule has 2 aromatic carbocycles. The molecule has 0 radical (unpaired) electrons. The van der Waals surface area contributed by atoms with E-state index in [-0.39, 0.29) is 5.91 Å². The van der Waals surface area contributed by atoms with E-state index in [1.807, 2.05) is 36.4 Å². The Kier molecular flexibility index (Phi) is 5.51. The predicted octanol–water partition coefficient (Wildman–Crippen LogP) is 3.85. The maximum absolute atomic E-state index is 12.0. The fourth-order valence-corrected chi connectivity index (χ4v) is 4.18. The molecule has 0 unspecified atom stereocenters. The third kappa shape index (κ3) is 4.95. The topological polar surface area (TPSA) is 103 Å². The van der Waals surface area contributed by atoms with Crippen molar-refractivity contribution in [3.8, 4) is 0 Å². The number of amides is 1. The minimum Gasteiger partial charge on any atom is -0.354 e. The van der Waals surface area contributed by atoms with Gasteiger partial charge in [0.1, 0.15) is 5.82 Å². The predicted molar refractivity (Wildman–Crippen MR) is 124 cm³/mol. The Labute approximate surface area is 181 Å². The van der Waals surface area contributed by atoms with Crippen molar-refractivity contribution < 1.29 is 13.2 Å². The number of benzene rings is 2. The molecule has 0 bridgehead atoms. The van der Waals surface area contributed by atoms with Gasteiger partial charge in [-0.25, -0.2) is 13.4 Å². The van der Waals surface area contributed by atoms with Crippen LogP contribution in [0.4, 0.5) is 34.3 Å². The minimum absolute atomic E-state index is 0.0210. The average molecular weight is 438 g/mol. The summed E-state index contributed by atoms with van der Waals surface area (Å²) in [6.07, 6.45) is 3.62. The Morgan fingerprint density at radius 1 is 1.00 bits per heavy atom. The van der Waals surface area contributed by atoms with E-state index in [1.165, 1.54) is 0 Å². The first-order valence-corrected chi connectivity index (χ1v) is 11.7. The van der Waals surface area contributed by atoms with Gasteiger partial charge in [-0.3, -0.25) is 9.52 Å². The molecule has 0 fully saturated rings. The molecule has 0 aliphatic carbocycles. The molecule has 1 amide bonds. The number of aromatic nitrogens is 1. The Morgan fingerprint density at radius 2 is 1.74 bits per heavy atom. The lowest BCUT2D eigenvalue weighted by atomic mass is 10.1. The second-order valence-corrected chi connectivity index (χ2v) is 9.12. The minimum atomic E-state index is -3.36. The lowest BCUT2D eigenvalue weighted by Crippen LogP contribution is -2.26. The van der Waals surface area contributed by atoms with Crippen LogP contribution >= 0.6 is 0 Å². The lowest BCUT2D eigenvalue weighted by Gasteiger charge is -2.19. The number of carbonyl (C=O) groups excluding carboxylic acids is 1. The maximum atomic E-state index is 12.0. The van der Waals surface area contributed by atoms with Gasteiger partial charge in [-0.2, -0.15) is 0 Å². The first-order chi connectivity index (χ1) is 14.8. The van der Waals surface area contributed by atoms with Gasteiger partial charge in [0.2, 0.25) is 15.9 Å². The van der Waals surface area contributed by atoms with Crippen molar-refractivity contribution in [3.63, 3.8) is 0 Å². The summed E-state index contributed by atoms with van der Waals surface area (Å²) in [6, 6.07) is 16.6. The largest absolute Gasteiger partial charge is 0.354 e. The van der Waals surface area contributed by atoms with E-state index in [2.05, 4.69) is 20.3 Å². The van der Waals surface area contributed by atoms with Crippen molar-refractivity contribution >= 4 is 50.2 Å². The number of anilines is 6. The van der Waals surface area contributed by atoms with Crippen molar-refractivity contribution in [2.75, 3.05) is 33.1 Å². The first-order valence-electron chi connectivity index (χ1n) is 9.76. The van der Waals surface area contributed by atoms with Gasteiger partial charge in [0.05, 0.1) is 23.3 Å². The number of rotatable bonds is 6. The van der Waals surface area contributed by atoms with Crippen LogP contribution in [-0.4, -0.2) is 32.1 Å². The van der Waals surface area contributed by atoms with E-state index in [0.29, 0.717) is 23.7 Å². The molecule has 1 aliphatic rings. The fraction of sp³-hybridized carbons (Fsp3) is 0.182. The summed E-state index contributed by atoms with van der Waals surface area (Å²) < 4.78 is 25.4. The number of hydrogen-bond donors (Lipinski definition) is 3. The molecule has 160 valence electrons. The highest BCUT2D eigenvalue weighted by Crippen LogP contribution is 2.37. The molecule has 0 spiro atoms. The lowest BCUT2D eigenvalue weighted by molar-refractivity contribution is -0.116. The zero-order valence-corrected chi connectivity index (χ0v) is 18.0. The maximum Gasteiger partial charge on any atom is 0.229 e. The third-order valence-corrected chi connectivity index (χ3v) is 5.46. The first kappa shape index (κ1) is 20.7. The molecule has 2 heterocycles. The zero-order valence-electron chi connectivity index (χ0n) is 17.2. The van der Waals surface area contributed by atoms with Gasteiger partial charge in [-0.1, -0.05) is 18.2 Å². The molecule has 8 nitrogen and oxygen atoms in total. The second kappa shape index (κ2) is 8.27. The Hall–Kier alpha value is -3.59. The summed E-state index contributed by atoms with van der Waals surface area (Å²) in [7, 11) is -3.36. The number of pyridine rings is 1. The van der Waals surface area contributed by atoms with Crippen molar-refractivity contribution in [3.05, 3.63) is 66.4 Å². The summed E-state index contributed by atoms with van der Waals surface area (Å²) in [4.78, 5) is 18.2. The molecular formula is C22H23N5O3S. The molecule has 1 aliphatic heterocycles. The van der Waals surface area contributed by atoms with E-state index in [0.717, 1.165) is 35.3 Å². The Morgan fingerprint density at radius 3 is 2.52 bits per heavy atom. The van der Waals surface area contributed by atoms with Crippen LogP contribution in [-0.2, 0) is 21.2 Å². The monoisotopic (exact) mass is 437 g/mol. The summed E-state index contributed by atoms with van der Waals surface area (Å²) >= 11 is 0. The van der Waals surface area contributed by atoms with E-state index in [9.17, 15) is 13.2 Å². The highest BCUT2D eigenvalue weighted by molar-refractivity contribution is 7.92. The van der Waals surface area contributed by atoms with Crippen molar-refractivity contribution in [1.82, 2.24) is 4.98 Å². The van der Waals surface area contributed by atoms with Crippen LogP contribution in [0.2, 0.25) is 0 Å². The number of sulfonamides is 1. The van der Waals surface area contributed by atoms with Gasteiger partial charge in [-0.15, -0.1) is 0 Å². The quantitative estimate of drug-likeness (QED) is 0.541. The molecule has 31 heavy (non-hydrogen) atoms. The van der Waals surface area contributed by atoms with Gasteiger partial charge < -0.3 is 15.5 Å². The van der Waals surface area contributed by atoms with Crippen LogP contribution in [0.3, 0.4) is 0 Å². The molecule has 0 atom stereocenters. The van der Waals surface area contributed by atoms with E-state index >= 15 is 0 Å². The number of nitrogens with zero attached hydrogens (tertiary/aromatic N) is 2. The van der Waals surface area contributed by atoms with Crippen LogP contribution < -0.4 is 20.3 Å². The second-order valence-electron chi connectivity index (χ2n) is 7.37. The van der Waals surface area contributed by atoms with Crippen molar-refractivity contribution in [1.29, 1.82) is 0 Å². The molecule has 4 rings (SSSR count). The van der Waals surface area contributed by atoms with Gasteiger partial charge in [0.25, 0.3) is 0 Å². The molecule has 9 heteroatoms. The van der Waals surface area contributed by atoms with E-state index < -0.39 is 10.0 Å². The SMILES string of the molecule is CC(=O)N1CCc2cccc(Nc3ccnc(Nc4cccc(NS(C)(=O)=O)c4)c3)c21. The average Bonchev–Trinajstić information content (AvgIpc) is 3.13. The highest BCUT2D eigenvalue weighted by Gasteiger charge is 2.25. The zero-order chi connectivity index (χ0) is 22.0.